The summed E-state index contributed by atoms with van der Waals surface area (Å²) < 4.78 is 0. The molecule has 3 heterocycles. The van der Waals surface area contributed by atoms with Crippen LogP contribution in [0.5, 0.6) is 0 Å². The van der Waals surface area contributed by atoms with Crippen molar-refractivity contribution in [1.29, 1.82) is 0 Å². The lowest BCUT2D eigenvalue weighted by atomic mass is 9.75. The van der Waals surface area contributed by atoms with Crippen LogP contribution in [0.4, 0.5) is 0 Å². The van der Waals surface area contributed by atoms with Gasteiger partial charge in [0.15, 0.2) is 0 Å². The van der Waals surface area contributed by atoms with Gasteiger partial charge in [0.25, 0.3) is 0 Å². The number of amides is 1. The fourth-order valence-corrected chi connectivity index (χ4v) is 6.78. The minimum Gasteiger partial charge on any atom is -0.340 e. The summed E-state index contributed by atoms with van der Waals surface area (Å²) in [7, 11) is 2.03. The van der Waals surface area contributed by atoms with Crippen LogP contribution in [0, 0.1) is 0 Å². The van der Waals surface area contributed by atoms with E-state index in [0.717, 1.165) is 45.3 Å². The maximum Gasteiger partial charge on any atom is 0.222 e. The second-order valence-electron chi connectivity index (χ2n) is 10.6. The first-order valence-electron chi connectivity index (χ1n) is 12.6. The van der Waals surface area contributed by atoms with Gasteiger partial charge in [0.1, 0.15) is 0 Å². The number of piperidine rings is 2. The fraction of sp³-hybridized carbons (Fsp3) is 0.958. The average Bonchev–Trinajstić information content (AvgIpc) is 2.98. The summed E-state index contributed by atoms with van der Waals surface area (Å²) in [4.78, 5) is 16.9. The minimum absolute atomic E-state index is 0.136. The van der Waals surface area contributed by atoms with Gasteiger partial charge < -0.3 is 16.0 Å². The highest BCUT2D eigenvalue weighted by Gasteiger charge is 2.48. The zero-order chi connectivity index (χ0) is 20.3. The van der Waals surface area contributed by atoms with E-state index in [4.69, 9.17) is 5.73 Å². The van der Waals surface area contributed by atoms with E-state index in [-0.39, 0.29) is 11.6 Å². The largest absolute Gasteiger partial charge is 0.340 e. The fourth-order valence-electron chi connectivity index (χ4n) is 6.78. The van der Waals surface area contributed by atoms with E-state index in [9.17, 15) is 4.79 Å². The number of nitrogens with two attached hydrogens (primary N) is 1. The van der Waals surface area contributed by atoms with Gasteiger partial charge in [-0.15, -0.1) is 0 Å². The molecule has 5 nitrogen and oxygen atoms in total. The number of nitrogens with one attached hydrogen (secondary N) is 1. The van der Waals surface area contributed by atoms with Crippen LogP contribution in [0.2, 0.25) is 0 Å². The molecule has 3 aliphatic heterocycles. The molecule has 1 amide bonds. The number of likely N-dealkylation sites (tertiary alicyclic amines) is 2. The van der Waals surface area contributed by atoms with Crippen LogP contribution >= 0.6 is 0 Å². The topological polar surface area (TPSA) is 61.6 Å². The van der Waals surface area contributed by atoms with Crippen molar-refractivity contribution in [3.63, 3.8) is 0 Å². The van der Waals surface area contributed by atoms with Crippen molar-refractivity contribution in [3.05, 3.63) is 0 Å². The van der Waals surface area contributed by atoms with Crippen molar-refractivity contribution in [3.8, 4) is 0 Å². The van der Waals surface area contributed by atoms with Gasteiger partial charge in [-0.25, -0.2) is 0 Å². The Morgan fingerprint density at radius 3 is 2.03 bits per heavy atom. The molecule has 0 bridgehead atoms. The number of carbonyl (C=O) groups excluding carboxylic acids is 1. The first-order chi connectivity index (χ1) is 14.0. The number of rotatable bonds is 1. The van der Waals surface area contributed by atoms with E-state index in [1.54, 1.807) is 0 Å². The third kappa shape index (κ3) is 4.67. The third-order valence-electron chi connectivity index (χ3n) is 8.96. The Morgan fingerprint density at radius 1 is 0.897 bits per heavy atom. The van der Waals surface area contributed by atoms with Crippen LogP contribution in [0.3, 0.4) is 0 Å². The molecule has 5 heteroatoms. The Balaban J connectivity index is 1.40. The molecular weight excluding hydrogens is 360 g/mol. The highest BCUT2D eigenvalue weighted by Crippen LogP contribution is 2.40. The number of hydrogen-bond acceptors (Lipinski definition) is 4. The summed E-state index contributed by atoms with van der Waals surface area (Å²) in [6, 6.07) is 0.733. The summed E-state index contributed by atoms with van der Waals surface area (Å²) in [5, 5.41) is 3.95. The Kier molecular flexibility index (Phi) is 6.87. The van der Waals surface area contributed by atoms with Gasteiger partial charge in [-0.3, -0.25) is 9.69 Å². The Bertz CT molecular complexity index is 545. The molecule has 0 aromatic rings. The molecule has 4 aliphatic rings. The standard InChI is InChI=1S/C24H44N4O/c1-27-22(29)10-13-24(27)14-16-28(17-15-24)21-18-23(26-19-20(21)25)11-8-6-4-2-3-5-7-9-12-23/h20-21,26H,2-19,25H2,1H3. The smallest absolute Gasteiger partial charge is 0.222 e. The van der Waals surface area contributed by atoms with Crippen molar-refractivity contribution in [2.75, 3.05) is 26.7 Å². The SMILES string of the molecule is CN1C(=O)CCC12CCN(C1CC3(CCCCCCCCCC3)NCC1N)CC2. The van der Waals surface area contributed by atoms with Gasteiger partial charge in [0, 0.05) is 56.3 Å². The summed E-state index contributed by atoms with van der Waals surface area (Å²) in [5.74, 6) is 0.341. The summed E-state index contributed by atoms with van der Waals surface area (Å²) in [5.41, 5.74) is 7.12. The predicted molar refractivity (Wildman–Crippen MR) is 119 cm³/mol. The van der Waals surface area contributed by atoms with Crippen LogP contribution < -0.4 is 11.1 Å². The molecule has 1 saturated carbocycles. The lowest BCUT2D eigenvalue weighted by Gasteiger charge is -2.52. The van der Waals surface area contributed by atoms with Crippen LogP contribution in [-0.2, 0) is 4.79 Å². The lowest BCUT2D eigenvalue weighted by Crippen LogP contribution is -2.66. The summed E-state index contributed by atoms with van der Waals surface area (Å²) >= 11 is 0. The van der Waals surface area contributed by atoms with Crippen molar-refractivity contribution in [2.24, 2.45) is 5.73 Å². The molecule has 3 saturated heterocycles. The van der Waals surface area contributed by atoms with Crippen LogP contribution in [0.15, 0.2) is 0 Å². The Hall–Kier alpha value is -0.650. The molecule has 1 aliphatic carbocycles. The van der Waals surface area contributed by atoms with E-state index in [1.807, 2.05) is 7.05 Å². The van der Waals surface area contributed by atoms with E-state index in [0.29, 0.717) is 17.5 Å². The van der Waals surface area contributed by atoms with Crippen LogP contribution in [0.25, 0.3) is 0 Å². The minimum atomic E-state index is 0.136. The molecular formula is C24H44N4O. The Morgan fingerprint density at radius 2 is 1.48 bits per heavy atom. The molecule has 29 heavy (non-hydrogen) atoms. The molecule has 166 valence electrons. The number of hydrogen-bond donors (Lipinski definition) is 2. The summed E-state index contributed by atoms with van der Waals surface area (Å²) in [6.07, 6.45) is 19.1. The second kappa shape index (κ2) is 9.23. The van der Waals surface area contributed by atoms with Crippen molar-refractivity contribution < 1.29 is 4.79 Å². The second-order valence-corrected chi connectivity index (χ2v) is 10.6. The van der Waals surface area contributed by atoms with Crippen LogP contribution in [0.1, 0.15) is 96.3 Å². The Labute approximate surface area is 178 Å². The normalized spacial score (nSPS) is 34.4. The zero-order valence-electron chi connectivity index (χ0n) is 18.8. The van der Waals surface area contributed by atoms with Gasteiger partial charge in [0.05, 0.1) is 0 Å². The molecule has 2 atom stereocenters. The van der Waals surface area contributed by atoms with E-state index in [2.05, 4.69) is 15.1 Å². The predicted octanol–water partition coefficient (Wildman–Crippen LogP) is 3.42. The lowest BCUT2D eigenvalue weighted by molar-refractivity contribution is -0.130. The highest BCUT2D eigenvalue weighted by molar-refractivity contribution is 5.79. The molecule has 0 radical (unpaired) electrons. The van der Waals surface area contributed by atoms with E-state index < -0.39 is 0 Å². The molecule has 3 N–H and O–H groups in total. The van der Waals surface area contributed by atoms with Gasteiger partial charge in [-0.1, -0.05) is 51.4 Å². The summed E-state index contributed by atoms with van der Waals surface area (Å²) in [6.45, 7) is 3.17. The van der Waals surface area contributed by atoms with Gasteiger partial charge >= 0.3 is 0 Å². The van der Waals surface area contributed by atoms with E-state index in [1.165, 1.54) is 70.6 Å². The molecule has 0 aromatic carbocycles. The zero-order valence-corrected chi connectivity index (χ0v) is 18.8. The number of nitrogens with zero attached hydrogens (tertiary/aromatic N) is 2. The van der Waals surface area contributed by atoms with Crippen molar-refractivity contribution >= 4 is 5.91 Å². The molecule has 0 aromatic heterocycles. The van der Waals surface area contributed by atoms with E-state index >= 15 is 0 Å². The maximum atomic E-state index is 12.1. The first-order valence-corrected chi connectivity index (χ1v) is 12.6. The molecule has 4 rings (SSSR count). The van der Waals surface area contributed by atoms with Gasteiger partial charge in [-0.2, -0.15) is 0 Å². The highest BCUT2D eigenvalue weighted by atomic mass is 16.2. The van der Waals surface area contributed by atoms with Crippen molar-refractivity contribution in [1.82, 2.24) is 15.1 Å². The van der Waals surface area contributed by atoms with Crippen LogP contribution in [-0.4, -0.2) is 65.6 Å². The average molecular weight is 405 g/mol. The van der Waals surface area contributed by atoms with Gasteiger partial charge in [0.2, 0.25) is 5.91 Å². The molecule has 2 spiro atoms. The number of carbonyl (C=O) groups is 1. The maximum absolute atomic E-state index is 12.1. The quantitative estimate of drug-likeness (QED) is 0.703. The molecule has 2 unspecified atom stereocenters. The molecule has 4 fully saturated rings. The van der Waals surface area contributed by atoms with Crippen molar-refractivity contribution in [2.45, 2.75) is 119 Å². The third-order valence-corrected chi connectivity index (χ3v) is 8.96. The monoisotopic (exact) mass is 404 g/mol. The van der Waals surface area contributed by atoms with Gasteiger partial charge in [-0.05, 0) is 38.5 Å². The first kappa shape index (κ1) is 21.6.